The van der Waals surface area contributed by atoms with Crippen LogP contribution in [0.3, 0.4) is 0 Å². The van der Waals surface area contributed by atoms with Crippen molar-refractivity contribution in [3.8, 4) is 11.5 Å². The van der Waals surface area contributed by atoms with Gasteiger partial charge in [-0.05, 0) is 12.1 Å². The number of nitrogens with one attached hydrogen (secondary N) is 1. The van der Waals surface area contributed by atoms with Crippen LogP contribution >= 0.6 is 0 Å². The van der Waals surface area contributed by atoms with Gasteiger partial charge >= 0.3 is 0 Å². The van der Waals surface area contributed by atoms with Crippen molar-refractivity contribution in [1.29, 1.82) is 0 Å². The maximum atomic E-state index is 12.6. The first-order valence-electron chi connectivity index (χ1n) is 8.87. The van der Waals surface area contributed by atoms with Crippen LogP contribution in [0.25, 0.3) is 0 Å². The fourth-order valence-corrected chi connectivity index (χ4v) is 2.94. The van der Waals surface area contributed by atoms with Crippen LogP contribution in [-0.4, -0.2) is 72.0 Å². The molecule has 0 bridgehead atoms. The zero-order valence-electron chi connectivity index (χ0n) is 16.1. The molecular weight excluding hydrogens is 362 g/mol. The number of amides is 2. The number of rotatable bonds is 5. The van der Waals surface area contributed by atoms with Gasteiger partial charge < -0.3 is 24.6 Å². The molecule has 2 heterocycles. The van der Waals surface area contributed by atoms with Gasteiger partial charge in [0.2, 0.25) is 11.9 Å². The summed E-state index contributed by atoms with van der Waals surface area (Å²) in [6.07, 6.45) is 2.98. The van der Waals surface area contributed by atoms with Crippen molar-refractivity contribution < 1.29 is 19.1 Å². The molecule has 9 nitrogen and oxygen atoms in total. The van der Waals surface area contributed by atoms with Crippen molar-refractivity contribution in [1.82, 2.24) is 19.8 Å². The number of anilines is 2. The molecule has 0 radical (unpaired) electrons. The molecule has 0 saturated carbocycles. The molecule has 2 aromatic rings. The van der Waals surface area contributed by atoms with Gasteiger partial charge in [-0.2, -0.15) is 0 Å². The maximum absolute atomic E-state index is 12.6. The maximum Gasteiger partial charge on any atom is 0.257 e. The zero-order valence-corrected chi connectivity index (χ0v) is 16.1. The van der Waals surface area contributed by atoms with Crippen LogP contribution in [0.1, 0.15) is 17.3 Å². The van der Waals surface area contributed by atoms with Crippen molar-refractivity contribution in [3.05, 3.63) is 36.2 Å². The highest BCUT2D eigenvalue weighted by molar-refractivity contribution is 5.94. The Morgan fingerprint density at radius 1 is 1.00 bits per heavy atom. The van der Waals surface area contributed by atoms with Crippen molar-refractivity contribution in [2.75, 3.05) is 45.7 Å². The fraction of sp³-hybridized carbons (Fsp3) is 0.368. The smallest absolute Gasteiger partial charge is 0.257 e. The van der Waals surface area contributed by atoms with Crippen LogP contribution < -0.4 is 14.8 Å². The monoisotopic (exact) mass is 385 g/mol. The Kier molecular flexibility index (Phi) is 5.93. The largest absolute Gasteiger partial charge is 0.497 e. The summed E-state index contributed by atoms with van der Waals surface area (Å²) >= 11 is 0. The fourth-order valence-electron chi connectivity index (χ4n) is 2.94. The van der Waals surface area contributed by atoms with Crippen molar-refractivity contribution in [2.45, 2.75) is 6.92 Å². The summed E-state index contributed by atoms with van der Waals surface area (Å²) in [6, 6.07) is 5.34. The molecule has 1 saturated heterocycles. The normalized spacial score (nSPS) is 13.8. The van der Waals surface area contributed by atoms with Gasteiger partial charge in [0.05, 0.1) is 25.5 Å². The Balaban J connectivity index is 1.67. The number of hydrogen-bond donors (Lipinski definition) is 1. The molecule has 1 N–H and O–H groups in total. The second-order valence-corrected chi connectivity index (χ2v) is 6.28. The number of piperazine rings is 1. The first kappa shape index (κ1) is 19.4. The van der Waals surface area contributed by atoms with Gasteiger partial charge in [-0.15, -0.1) is 0 Å². The second-order valence-electron chi connectivity index (χ2n) is 6.28. The molecular formula is C19H23N5O4. The van der Waals surface area contributed by atoms with Gasteiger partial charge in [0.15, 0.2) is 0 Å². The summed E-state index contributed by atoms with van der Waals surface area (Å²) < 4.78 is 10.5. The molecule has 9 heteroatoms. The predicted molar refractivity (Wildman–Crippen MR) is 103 cm³/mol. The van der Waals surface area contributed by atoms with E-state index in [0.717, 1.165) is 0 Å². The zero-order chi connectivity index (χ0) is 20.1. The Bertz CT molecular complexity index is 848. The molecule has 1 aliphatic heterocycles. The lowest BCUT2D eigenvalue weighted by Gasteiger charge is -2.34. The predicted octanol–water partition coefficient (Wildman–Crippen LogP) is 1.54. The van der Waals surface area contributed by atoms with E-state index < -0.39 is 0 Å². The number of carbonyl (C=O) groups excluding carboxylic acids is 2. The summed E-state index contributed by atoms with van der Waals surface area (Å²) in [7, 11) is 3.15. The number of ether oxygens (including phenoxy) is 2. The summed E-state index contributed by atoms with van der Waals surface area (Å²) in [5.74, 6) is 1.50. The second kappa shape index (κ2) is 8.55. The van der Waals surface area contributed by atoms with Crippen LogP contribution in [0.2, 0.25) is 0 Å². The van der Waals surface area contributed by atoms with Crippen molar-refractivity contribution >= 4 is 23.5 Å². The minimum absolute atomic E-state index is 0.0267. The molecule has 148 valence electrons. The molecule has 0 spiro atoms. The Morgan fingerprint density at radius 3 is 2.21 bits per heavy atom. The lowest BCUT2D eigenvalue weighted by molar-refractivity contribution is -0.130. The number of benzene rings is 1. The number of hydrogen-bond acceptors (Lipinski definition) is 7. The van der Waals surface area contributed by atoms with Crippen LogP contribution in [0.15, 0.2) is 30.6 Å². The molecule has 0 unspecified atom stereocenters. The lowest BCUT2D eigenvalue weighted by Crippen LogP contribution is -2.50. The molecule has 3 rings (SSSR count). The summed E-state index contributed by atoms with van der Waals surface area (Å²) in [5.41, 5.74) is 1.06. The Hall–Kier alpha value is -3.36. The minimum atomic E-state index is -0.145. The van der Waals surface area contributed by atoms with E-state index in [1.54, 1.807) is 42.2 Å². The van der Waals surface area contributed by atoms with Crippen LogP contribution in [0.5, 0.6) is 11.5 Å². The van der Waals surface area contributed by atoms with Crippen molar-refractivity contribution in [3.63, 3.8) is 0 Å². The van der Waals surface area contributed by atoms with Gasteiger partial charge in [0.1, 0.15) is 11.5 Å². The quantitative estimate of drug-likeness (QED) is 0.834. The van der Waals surface area contributed by atoms with E-state index in [4.69, 9.17) is 9.47 Å². The Labute approximate surface area is 163 Å². The van der Waals surface area contributed by atoms with E-state index in [1.165, 1.54) is 19.3 Å². The third-order valence-corrected chi connectivity index (χ3v) is 4.56. The van der Waals surface area contributed by atoms with E-state index in [1.807, 2.05) is 0 Å². The molecule has 28 heavy (non-hydrogen) atoms. The number of carbonyl (C=O) groups is 2. The van der Waals surface area contributed by atoms with E-state index in [9.17, 15) is 9.59 Å². The molecule has 2 amide bonds. The number of methoxy groups -OCH3 is 2. The molecule has 1 aromatic carbocycles. The van der Waals surface area contributed by atoms with E-state index >= 15 is 0 Å². The summed E-state index contributed by atoms with van der Waals surface area (Å²) in [4.78, 5) is 35.9. The van der Waals surface area contributed by atoms with E-state index in [2.05, 4.69) is 15.3 Å². The van der Waals surface area contributed by atoms with Gasteiger partial charge in [-0.3, -0.25) is 9.59 Å². The van der Waals surface area contributed by atoms with Gasteiger partial charge in [-0.1, -0.05) is 0 Å². The molecule has 0 atom stereocenters. The summed E-state index contributed by atoms with van der Waals surface area (Å²) in [5, 5.41) is 3.07. The minimum Gasteiger partial charge on any atom is -0.497 e. The van der Waals surface area contributed by atoms with Crippen LogP contribution in [0, 0.1) is 0 Å². The highest BCUT2D eigenvalue weighted by atomic mass is 16.5. The summed E-state index contributed by atoms with van der Waals surface area (Å²) in [6.45, 7) is 3.61. The van der Waals surface area contributed by atoms with Gasteiger partial charge in [-0.25, -0.2) is 9.97 Å². The third kappa shape index (κ3) is 4.30. The first-order chi connectivity index (χ1) is 13.5. The van der Waals surface area contributed by atoms with Gasteiger partial charge in [0, 0.05) is 51.6 Å². The highest BCUT2D eigenvalue weighted by Gasteiger charge is 2.23. The molecule has 0 aliphatic carbocycles. The highest BCUT2D eigenvalue weighted by Crippen LogP contribution is 2.30. The third-order valence-electron chi connectivity index (χ3n) is 4.56. The average Bonchev–Trinajstić information content (AvgIpc) is 2.73. The van der Waals surface area contributed by atoms with E-state index in [0.29, 0.717) is 54.9 Å². The lowest BCUT2D eigenvalue weighted by atomic mass is 10.2. The molecule has 1 aliphatic rings. The SMILES string of the molecule is COc1ccc(OC)c(Nc2ncc(C(=O)N3CCN(C(C)=O)CC3)cn2)c1. The standard InChI is InChI=1S/C19H23N5O4/c1-13(25)23-6-8-24(9-7-23)18(26)14-11-20-19(21-12-14)22-16-10-15(27-2)4-5-17(16)28-3/h4-5,10-12H,6-9H2,1-3H3,(H,20,21,22). The Morgan fingerprint density at radius 2 is 1.64 bits per heavy atom. The molecule has 1 fully saturated rings. The van der Waals surface area contributed by atoms with E-state index in [-0.39, 0.29) is 11.8 Å². The molecule has 1 aromatic heterocycles. The van der Waals surface area contributed by atoms with Crippen LogP contribution in [-0.2, 0) is 4.79 Å². The van der Waals surface area contributed by atoms with Crippen molar-refractivity contribution in [2.24, 2.45) is 0 Å². The topological polar surface area (TPSA) is 96.9 Å². The van der Waals surface area contributed by atoms with Crippen LogP contribution in [0.4, 0.5) is 11.6 Å². The average molecular weight is 385 g/mol. The number of aromatic nitrogens is 2. The van der Waals surface area contributed by atoms with Gasteiger partial charge in [0.25, 0.3) is 5.91 Å². The first-order valence-corrected chi connectivity index (χ1v) is 8.87. The number of nitrogens with zero attached hydrogens (tertiary/aromatic N) is 4.